The number of rotatable bonds is 2. The second kappa shape index (κ2) is 4.55. The molecule has 2 N–H and O–H groups in total. The molecule has 0 bridgehead atoms. The number of aromatic nitrogens is 1. The van der Waals surface area contributed by atoms with Crippen molar-refractivity contribution in [2.45, 2.75) is 6.92 Å². The molecule has 0 fully saturated rings. The SMILES string of the molecule is COc1ccc2nc(-c3ccc(N)cc3C)sc2c1. The molecule has 0 amide bonds. The number of nitrogen functional groups attached to an aromatic ring is 1. The monoisotopic (exact) mass is 270 g/mol. The van der Waals surface area contributed by atoms with Crippen molar-refractivity contribution in [3.05, 3.63) is 42.0 Å². The molecule has 0 saturated carbocycles. The van der Waals surface area contributed by atoms with E-state index in [2.05, 4.69) is 11.9 Å². The Hall–Kier alpha value is -2.07. The first-order valence-corrected chi connectivity index (χ1v) is 6.80. The van der Waals surface area contributed by atoms with Gasteiger partial charge in [0, 0.05) is 11.3 Å². The number of nitrogens with two attached hydrogens (primary N) is 1. The van der Waals surface area contributed by atoms with Crippen molar-refractivity contribution in [2.75, 3.05) is 12.8 Å². The van der Waals surface area contributed by atoms with Gasteiger partial charge in [0.15, 0.2) is 0 Å². The molecule has 3 aromatic rings. The zero-order valence-electron chi connectivity index (χ0n) is 10.8. The predicted molar refractivity (Wildman–Crippen MR) is 80.8 cm³/mol. The lowest BCUT2D eigenvalue weighted by Crippen LogP contribution is -1.87. The maximum absolute atomic E-state index is 5.79. The number of benzene rings is 2. The Balaban J connectivity index is 2.14. The van der Waals surface area contributed by atoms with Crippen molar-refractivity contribution in [1.29, 1.82) is 0 Å². The number of anilines is 1. The number of methoxy groups -OCH3 is 1. The molecule has 0 aliphatic rings. The molecule has 0 spiro atoms. The van der Waals surface area contributed by atoms with Crippen molar-refractivity contribution >= 4 is 27.2 Å². The van der Waals surface area contributed by atoms with Gasteiger partial charge in [0.2, 0.25) is 0 Å². The van der Waals surface area contributed by atoms with E-state index in [1.54, 1.807) is 18.4 Å². The van der Waals surface area contributed by atoms with Crippen LogP contribution in [0.4, 0.5) is 5.69 Å². The Bertz CT molecular complexity index is 749. The maximum Gasteiger partial charge on any atom is 0.124 e. The van der Waals surface area contributed by atoms with Gasteiger partial charge in [0.05, 0.1) is 17.3 Å². The molecule has 0 saturated heterocycles. The molecular weight excluding hydrogens is 256 g/mol. The summed E-state index contributed by atoms with van der Waals surface area (Å²) in [7, 11) is 1.67. The molecule has 19 heavy (non-hydrogen) atoms. The van der Waals surface area contributed by atoms with E-state index in [0.717, 1.165) is 37.8 Å². The van der Waals surface area contributed by atoms with E-state index in [4.69, 9.17) is 10.5 Å². The van der Waals surface area contributed by atoms with Crippen LogP contribution in [0.1, 0.15) is 5.56 Å². The van der Waals surface area contributed by atoms with Crippen LogP contribution in [0.5, 0.6) is 5.75 Å². The zero-order chi connectivity index (χ0) is 13.4. The second-order valence-corrected chi connectivity index (χ2v) is 5.46. The van der Waals surface area contributed by atoms with E-state index in [-0.39, 0.29) is 0 Å². The Labute approximate surface area is 115 Å². The van der Waals surface area contributed by atoms with Gasteiger partial charge in [0.1, 0.15) is 10.8 Å². The summed E-state index contributed by atoms with van der Waals surface area (Å²) in [5.41, 5.74) is 9.84. The van der Waals surface area contributed by atoms with E-state index in [1.165, 1.54) is 0 Å². The molecular formula is C15H14N2OS. The number of thiazole rings is 1. The van der Waals surface area contributed by atoms with Crippen LogP contribution in [-0.2, 0) is 0 Å². The molecule has 2 aromatic carbocycles. The van der Waals surface area contributed by atoms with Crippen LogP contribution < -0.4 is 10.5 Å². The third-order valence-electron chi connectivity index (χ3n) is 3.08. The predicted octanol–water partition coefficient (Wildman–Crippen LogP) is 3.86. The quantitative estimate of drug-likeness (QED) is 0.719. The minimum Gasteiger partial charge on any atom is -0.497 e. The van der Waals surface area contributed by atoms with Crippen LogP contribution in [0.2, 0.25) is 0 Å². The molecule has 0 atom stereocenters. The molecule has 96 valence electrons. The summed E-state index contributed by atoms with van der Waals surface area (Å²) in [5.74, 6) is 0.858. The average molecular weight is 270 g/mol. The van der Waals surface area contributed by atoms with Crippen LogP contribution in [0.3, 0.4) is 0 Å². The number of nitrogens with zero attached hydrogens (tertiary/aromatic N) is 1. The molecule has 0 radical (unpaired) electrons. The van der Waals surface area contributed by atoms with Crippen molar-refractivity contribution in [3.63, 3.8) is 0 Å². The lowest BCUT2D eigenvalue weighted by atomic mass is 10.1. The number of hydrogen-bond acceptors (Lipinski definition) is 4. The minimum absolute atomic E-state index is 0.782. The summed E-state index contributed by atoms with van der Waals surface area (Å²) < 4.78 is 6.37. The van der Waals surface area contributed by atoms with Gasteiger partial charge >= 0.3 is 0 Å². The summed E-state index contributed by atoms with van der Waals surface area (Å²) >= 11 is 1.67. The minimum atomic E-state index is 0.782. The first-order chi connectivity index (χ1) is 9.17. The van der Waals surface area contributed by atoms with Crippen molar-refractivity contribution in [3.8, 4) is 16.3 Å². The Morgan fingerprint density at radius 1 is 1.16 bits per heavy atom. The molecule has 3 nitrogen and oxygen atoms in total. The highest BCUT2D eigenvalue weighted by Gasteiger charge is 2.09. The topological polar surface area (TPSA) is 48.1 Å². The third kappa shape index (κ3) is 2.15. The highest BCUT2D eigenvalue weighted by molar-refractivity contribution is 7.21. The van der Waals surface area contributed by atoms with Gasteiger partial charge < -0.3 is 10.5 Å². The van der Waals surface area contributed by atoms with E-state index in [9.17, 15) is 0 Å². The van der Waals surface area contributed by atoms with Gasteiger partial charge in [-0.05, 0) is 48.9 Å². The number of ether oxygens (including phenoxy) is 1. The number of fused-ring (bicyclic) bond motifs is 1. The van der Waals surface area contributed by atoms with Gasteiger partial charge in [-0.1, -0.05) is 0 Å². The average Bonchev–Trinajstić information content (AvgIpc) is 2.80. The Morgan fingerprint density at radius 2 is 2.00 bits per heavy atom. The van der Waals surface area contributed by atoms with Crippen LogP contribution >= 0.6 is 11.3 Å². The molecule has 3 rings (SSSR count). The Kier molecular flexibility index (Phi) is 2.87. The van der Waals surface area contributed by atoms with Crippen LogP contribution in [-0.4, -0.2) is 12.1 Å². The standard InChI is InChI=1S/C15H14N2OS/c1-9-7-10(16)3-5-12(9)15-17-13-6-4-11(18-2)8-14(13)19-15/h3-8H,16H2,1-2H3. The summed E-state index contributed by atoms with van der Waals surface area (Å²) in [6.45, 7) is 2.05. The summed E-state index contributed by atoms with van der Waals surface area (Å²) in [5, 5.41) is 1.01. The molecule has 0 unspecified atom stereocenters. The molecule has 0 aliphatic carbocycles. The number of aryl methyl sites for hydroxylation is 1. The zero-order valence-corrected chi connectivity index (χ0v) is 11.6. The van der Waals surface area contributed by atoms with Crippen LogP contribution in [0.25, 0.3) is 20.8 Å². The van der Waals surface area contributed by atoms with Crippen molar-refractivity contribution in [1.82, 2.24) is 4.98 Å². The first-order valence-electron chi connectivity index (χ1n) is 5.98. The van der Waals surface area contributed by atoms with Gasteiger partial charge in [-0.15, -0.1) is 11.3 Å². The lowest BCUT2D eigenvalue weighted by Gasteiger charge is -2.02. The van der Waals surface area contributed by atoms with Gasteiger partial charge in [0.25, 0.3) is 0 Å². The van der Waals surface area contributed by atoms with Crippen molar-refractivity contribution < 1.29 is 4.74 Å². The highest BCUT2D eigenvalue weighted by atomic mass is 32.1. The fourth-order valence-corrected chi connectivity index (χ4v) is 3.16. The van der Waals surface area contributed by atoms with Crippen molar-refractivity contribution in [2.24, 2.45) is 0 Å². The fraction of sp³-hybridized carbons (Fsp3) is 0.133. The normalized spacial score (nSPS) is 10.8. The second-order valence-electron chi connectivity index (χ2n) is 4.43. The smallest absolute Gasteiger partial charge is 0.124 e. The third-order valence-corrected chi connectivity index (χ3v) is 4.13. The van der Waals surface area contributed by atoms with E-state index in [0.29, 0.717) is 0 Å². The van der Waals surface area contributed by atoms with E-state index >= 15 is 0 Å². The van der Waals surface area contributed by atoms with Crippen LogP contribution in [0.15, 0.2) is 36.4 Å². The highest BCUT2D eigenvalue weighted by Crippen LogP contribution is 2.34. The largest absolute Gasteiger partial charge is 0.497 e. The van der Waals surface area contributed by atoms with E-state index in [1.807, 2.05) is 36.4 Å². The van der Waals surface area contributed by atoms with Gasteiger partial charge in [-0.25, -0.2) is 4.98 Å². The lowest BCUT2D eigenvalue weighted by molar-refractivity contribution is 0.415. The van der Waals surface area contributed by atoms with Gasteiger partial charge in [-0.3, -0.25) is 0 Å². The summed E-state index contributed by atoms with van der Waals surface area (Å²) in [4.78, 5) is 4.67. The van der Waals surface area contributed by atoms with E-state index < -0.39 is 0 Å². The molecule has 0 aliphatic heterocycles. The maximum atomic E-state index is 5.79. The first kappa shape index (κ1) is 12.0. The molecule has 1 heterocycles. The van der Waals surface area contributed by atoms with Gasteiger partial charge in [-0.2, -0.15) is 0 Å². The fourth-order valence-electron chi connectivity index (χ4n) is 2.07. The molecule has 1 aromatic heterocycles. The molecule has 4 heteroatoms. The number of hydrogen-bond donors (Lipinski definition) is 1. The summed E-state index contributed by atoms with van der Waals surface area (Å²) in [6, 6.07) is 11.8. The Morgan fingerprint density at radius 3 is 2.74 bits per heavy atom. The van der Waals surface area contributed by atoms with Crippen LogP contribution in [0, 0.1) is 6.92 Å². The summed E-state index contributed by atoms with van der Waals surface area (Å²) in [6.07, 6.45) is 0.